The zero-order valence-corrected chi connectivity index (χ0v) is 16.5. The van der Waals surface area contributed by atoms with Gasteiger partial charge in [-0.3, -0.25) is 4.79 Å². The topological polar surface area (TPSA) is 58.6 Å². The van der Waals surface area contributed by atoms with Gasteiger partial charge in [0.25, 0.3) is 0 Å². The van der Waals surface area contributed by atoms with Crippen molar-refractivity contribution in [1.29, 1.82) is 0 Å². The predicted molar refractivity (Wildman–Crippen MR) is 104 cm³/mol. The van der Waals surface area contributed by atoms with Gasteiger partial charge in [-0.15, -0.1) is 0 Å². The molecule has 29 heavy (non-hydrogen) atoms. The van der Waals surface area contributed by atoms with Gasteiger partial charge in [-0.1, -0.05) is 36.4 Å². The van der Waals surface area contributed by atoms with Crippen molar-refractivity contribution >= 4 is 5.97 Å². The zero-order valence-electron chi connectivity index (χ0n) is 16.5. The highest BCUT2D eigenvalue weighted by Gasteiger charge is 2.30. The van der Waals surface area contributed by atoms with Gasteiger partial charge in [-0.25, -0.2) is 0 Å². The summed E-state index contributed by atoms with van der Waals surface area (Å²) in [5.74, 6) is -0.244. The van der Waals surface area contributed by atoms with Gasteiger partial charge in [0.2, 0.25) is 0 Å². The lowest BCUT2D eigenvalue weighted by atomic mass is 10.0. The van der Waals surface area contributed by atoms with E-state index in [1.165, 1.54) is 19.2 Å². The van der Waals surface area contributed by atoms with Crippen molar-refractivity contribution in [2.45, 2.75) is 44.5 Å². The van der Waals surface area contributed by atoms with E-state index >= 15 is 0 Å². The lowest BCUT2D eigenvalue weighted by Crippen LogP contribution is -2.32. The molecule has 2 atom stereocenters. The number of methoxy groups -OCH3 is 1. The molecule has 0 heterocycles. The SMILES string of the molecule is COC(=O)CCc1ccc(CC(C)NCC(O)c2cccc(C(F)(F)F)c2)cc1. The second-order valence-corrected chi connectivity index (χ2v) is 7.05. The Hall–Kier alpha value is -2.38. The van der Waals surface area contributed by atoms with Crippen LogP contribution in [0, 0.1) is 0 Å². The van der Waals surface area contributed by atoms with Crippen LogP contribution in [-0.2, 0) is 28.5 Å². The van der Waals surface area contributed by atoms with Crippen molar-refractivity contribution in [3.05, 3.63) is 70.8 Å². The molecule has 0 radical (unpaired) electrons. The number of alkyl halides is 3. The number of hydrogen-bond acceptors (Lipinski definition) is 4. The number of carbonyl (C=O) groups is 1. The summed E-state index contributed by atoms with van der Waals surface area (Å²) in [6, 6.07) is 12.7. The number of nitrogens with one attached hydrogen (secondary N) is 1. The molecular weight excluding hydrogens is 383 g/mol. The number of esters is 1. The number of ether oxygens (including phenoxy) is 1. The molecule has 0 amide bonds. The molecular formula is C22H26F3NO3. The maximum absolute atomic E-state index is 12.8. The van der Waals surface area contributed by atoms with E-state index in [0.717, 1.165) is 23.3 Å². The van der Waals surface area contributed by atoms with E-state index in [1.54, 1.807) is 0 Å². The molecule has 4 nitrogen and oxygen atoms in total. The molecule has 0 saturated carbocycles. The lowest BCUT2D eigenvalue weighted by Gasteiger charge is -2.18. The fraction of sp³-hybridized carbons (Fsp3) is 0.409. The Balaban J connectivity index is 1.83. The third kappa shape index (κ3) is 7.51. The number of aryl methyl sites for hydroxylation is 1. The highest BCUT2D eigenvalue weighted by atomic mass is 19.4. The number of carbonyl (C=O) groups excluding carboxylic acids is 1. The van der Waals surface area contributed by atoms with E-state index in [9.17, 15) is 23.1 Å². The largest absolute Gasteiger partial charge is 0.469 e. The standard InChI is InChI=1S/C22H26F3NO3/c1-15(12-17-8-6-16(7-9-17)10-11-21(28)29-2)26-14-20(27)18-4-3-5-19(13-18)22(23,24)25/h3-9,13,15,20,26-27H,10-12,14H2,1-2H3. The predicted octanol–water partition coefficient (Wildman–Crippen LogP) is 4.07. The molecule has 0 aromatic heterocycles. The summed E-state index contributed by atoms with van der Waals surface area (Å²) in [5, 5.41) is 13.4. The van der Waals surface area contributed by atoms with E-state index in [1.807, 2.05) is 31.2 Å². The molecule has 7 heteroatoms. The Bertz CT molecular complexity index is 791. The molecule has 2 aromatic carbocycles. The van der Waals surface area contributed by atoms with Crippen LogP contribution in [0.4, 0.5) is 13.2 Å². The van der Waals surface area contributed by atoms with Gasteiger partial charge in [0, 0.05) is 19.0 Å². The van der Waals surface area contributed by atoms with Gasteiger partial charge in [0.15, 0.2) is 0 Å². The second-order valence-electron chi connectivity index (χ2n) is 7.05. The first-order valence-electron chi connectivity index (χ1n) is 9.42. The zero-order chi connectivity index (χ0) is 21.4. The number of halogens is 3. The van der Waals surface area contributed by atoms with Crippen LogP contribution in [0.3, 0.4) is 0 Å². The highest BCUT2D eigenvalue weighted by molar-refractivity contribution is 5.69. The molecule has 0 spiro atoms. The minimum absolute atomic E-state index is 0.0244. The van der Waals surface area contributed by atoms with E-state index in [4.69, 9.17) is 0 Å². The molecule has 0 aliphatic carbocycles. The maximum atomic E-state index is 12.8. The first-order chi connectivity index (χ1) is 13.7. The number of aliphatic hydroxyl groups excluding tert-OH is 1. The highest BCUT2D eigenvalue weighted by Crippen LogP contribution is 2.30. The van der Waals surface area contributed by atoms with Crippen molar-refractivity contribution in [2.24, 2.45) is 0 Å². The minimum atomic E-state index is -4.43. The molecule has 2 unspecified atom stereocenters. The van der Waals surface area contributed by atoms with Crippen LogP contribution in [0.2, 0.25) is 0 Å². The lowest BCUT2D eigenvalue weighted by molar-refractivity contribution is -0.140. The molecule has 0 fully saturated rings. The van der Waals surface area contributed by atoms with Crippen LogP contribution in [-0.4, -0.2) is 30.8 Å². The van der Waals surface area contributed by atoms with Gasteiger partial charge in [0.1, 0.15) is 0 Å². The van der Waals surface area contributed by atoms with Crippen LogP contribution in [0.15, 0.2) is 48.5 Å². The van der Waals surface area contributed by atoms with Gasteiger partial charge >= 0.3 is 12.1 Å². The van der Waals surface area contributed by atoms with Gasteiger partial charge in [-0.2, -0.15) is 13.2 Å². The average molecular weight is 409 g/mol. The molecule has 2 rings (SSSR count). The Morgan fingerprint density at radius 1 is 1.14 bits per heavy atom. The summed E-state index contributed by atoms with van der Waals surface area (Å²) in [7, 11) is 1.36. The molecule has 0 aliphatic heterocycles. The third-order valence-corrected chi connectivity index (χ3v) is 4.67. The summed E-state index contributed by atoms with van der Waals surface area (Å²) in [4.78, 5) is 11.2. The van der Waals surface area contributed by atoms with E-state index in [-0.39, 0.29) is 24.1 Å². The minimum Gasteiger partial charge on any atom is -0.469 e. The molecule has 0 bridgehead atoms. The summed E-state index contributed by atoms with van der Waals surface area (Å²) in [5.41, 5.74) is 1.59. The van der Waals surface area contributed by atoms with Crippen molar-refractivity contribution in [3.63, 3.8) is 0 Å². The summed E-state index contributed by atoms with van der Waals surface area (Å²) >= 11 is 0. The molecule has 2 aromatic rings. The fourth-order valence-corrected chi connectivity index (χ4v) is 2.97. The van der Waals surface area contributed by atoms with Crippen molar-refractivity contribution in [1.82, 2.24) is 5.32 Å². The third-order valence-electron chi connectivity index (χ3n) is 4.67. The van der Waals surface area contributed by atoms with Crippen LogP contribution in [0.1, 0.15) is 41.7 Å². The fourth-order valence-electron chi connectivity index (χ4n) is 2.97. The average Bonchev–Trinajstić information content (AvgIpc) is 2.70. The Morgan fingerprint density at radius 3 is 2.41 bits per heavy atom. The van der Waals surface area contributed by atoms with Crippen LogP contribution in [0.5, 0.6) is 0 Å². The molecule has 0 aliphatic rings. The van der Waals surface area contributed by atoms with Gasteiger partial charge < -0.3 is 15.2 Å². The summed E-state index contributed by atoms with van der Waals surface area (Å²) in [6.45, 7) is 2.10. The maximum Gasteiger partial charge on any atom is 0.416 e. The monoisotopic (exact) mass is 409 g/mol. The van der Waals surface area contributed by atoms with Crippen molar-refractivity contribution in [3.8, 4) is 0 Å². The van der Waals surface area contributed by atoms with Gasteiger partial charge in [0.05, 0.1) is 18.8 Å². The Kier molecular flexibility index (Phi) is 8.22. The van der Waals surface area contributed by atoms with Crippen LogP contribution in [0.25, 0.3) is 0 Å². The van der Waals surface area contributed by atoms with Crippen molar-refractivity contribution < 1.29 is 27.8 Å². The van der Waals surface area contributed by atoms with Gasteiger partial charge in [-0.05, 0) is 48.6 Å². The number of rotatable bonds is 9. The van der Waals surface area contributed by atoms with E-state index in [0.29, 0.717) is 19.3 Å². The second kappa shape index (κ2) is 10.4. The summed E-state index contributed by atoms with van der Waals surface area (Å²) in [6.07, 6.45) is -3.81. The quantitative estimate of drug-likeness (QED) is 0.613. The number of benzene rings is 2. The van der Waals surface area contributed by atoms with E-state index < -0.39 is 17.8 Å². The van der Waals surface area contributed by atoms with E-state index in [2.05, 4.69) is 10.1 Å². The molecule has 0 saturated heterocycles. The first-order valence-corrected chi connectivity index (χ1v) is 9.42. The Morgan fingerprint density at radius 2 is 1.79 bits per heavy atom. The molecule has 2 N–H and O–H groups in total. The normalized spacial score (nSPS) is 13.7. The first kappa shape index (κ1) is 22.9. The number of hydrogen-bond donors (Lipinski definition) is 2. The number of aliphatic hydroxyl groups is 1. The smallest absolute Gasteiger partial charge is 0.416 e. The molecule has 158 valence electrons. The van der Waals surface area contributed by atoms with Crippen LogP contribution >= 0.6 is 0 Å². The summed E-state index contributed by atoms with van der Waals surface area (Å²) < 4.78 is 43.0. The van der Waals surface area contributed by atoms with Crippen molar-refractivity contribution in [2.75, 3.05) is 13.7 Å². The van der Waals surface area contributed by atoms with Crippen LogP contribution < -0.4 is 5.32 Å². The Labute approximate surface area is 168 Å².